The van der Waals surface area contributed by atoms with Crippen molar-refractivity contribution in [2.24, 2.45) is 0 Å². The number of carbonyl (C=O) groups is 1. The van der Waals surface area contributed by atoms with E-state index in [2.05, 4.69) is 4.89 Å². The average molecular weight is 453 g/mol. The maximum Gasteiger partial charge on any atom is 0.150 e. The molecule has 0 amide bonds. The summed E-state index contributed by atoms with van der Waals surface area (Å²) in [6, 6.07) is 10.2. The first-order valence-corrected chi connectivity index (χ1v) is 10.7. The predicted octanol–water partition coefficient (Wildman–Crippen LogP) is 5.63. The van der Waals surface area contributed by atoms with E-state index in [-0.39, 0.29) is 11.5 Å². The third kappa shape index (κ3) is 7.63. The maximum atomic E-state index is 11.8. The first-order valence-electron chi connectivity index (χ1n) is 10.7. The summed E-state index contributed by atoms with van der Waals surface area (Å²) in [5.41, 5.74) is 2.64. The second kappa shape index (κ2) is 12.0. The van der Waals surface area contributed by atoms with Crippen molar-refractivity contribution < 1.29 is 29.9 Å². The van der Waals surface area contributed by atoms with Crippen molar-refractivity contribution in [1.82, 2.24) is 0 Å². The Balaban J connectivity index is 2.26. The molecule has 0 atom stereocenters. The number of allylic oxidation sites excluding steroid dienone is 5. The second-order valence-electron chi connectivity index (χ2n) is 8.35. The molecular weight excluding hydrogens is 420 g/mol. The van der Waals surface area contributed by atoms with Crippen molar-refractivity contribution >= 4 is 11.9 Å². The van der Waals surface area contributed by atoms with Crippen LogP contribution in [0.3, 0.4) is 0 Å². The van der Waals surface area contributed by atoms with Crippen LogP contribution in [-0.2, 0) is 22.5 Å². The molecule has 6 heteroatoms. The van der Waals surface area contributed by atoms with Gasteiger partial charge < -0.3 is 14.9 Å². The van der Waals surface area contributed by atoms with Gasteiger partial charge in [-0.15, -0.1) is 0 Å². The van der Waals surface area contributed by atoms with Gasteiger partial charge >= 0.3 is 0 Å². The van der Waals surface area contributed by atoms with E-state index < -0.39 is 5.60 Å². The third-order valence-corrected chi connectivity index (χ3v) is 5.24. The zero-order chi connectivity index (χ0) is 24.4. The lowest BCUT2D eigenvalue weighted by Crippen LogP contribution is -2.18. The highest BCUT2D eigenvalue weighted by molar-refractivity contribution is 6.08. The quantitative estimate of drug-likeness (QED) is 0.134. The molecule has 0 aliphatic rings. The number of ether oxygens (including phenoxy) is 1. The number of hydrogen-bond donors (Lipinski definition) is 3. The lowest BCUT2D eigenvalue weighted by Gasteiger charge is -2.15. The van der Waals surface area contributed by atoms with Crippen LogP contribution in [0.25, 0.3) is 5.57 Å². The molecule has 2 aromatic carbocycles. The summed E-state index contributed by atoms with van der Waals surface area (Å²) in [7, 11) is 1.54. The van der Waals surface area contributed by atoms with Crippen LogP contribution < -0.4 is 4.74 Å². The van der Waals surface area contributed by atoms with Crippen molar-refractivity contribution in [3.63, 3.8) is 0 Å². The maximum absolute atomic E-state index is 11.8. The molecule has 0 heterocycles. The fourth-order valence-electron chi connectivity index (χ4n) is 3.24. The molecule has 0 radical (unpaired) electrons. The van der Waals surface area contributed by atoms with Crippen LogP contribution in [0.4, 0.5) is 0 Å². The molecule has 0 saturated carbocycles. The molecule has 0 saturated heterocycles. The summed E-state index contributed by atoms with van der Waals surface area (Å²) in [5.74, 6) is 0.724. The van der Waals surface area contributed by atoms with E-state index in [0.29, 0.717) is 41.7 Å². The van der Waals surface area contributed by atoms with Crippen molar-refractivity contribution in [2.45, 2.75) is 45.6 Å². The van der Waals surface area contributed by atoms with Gasteiger partial charge in [0.2, 0.25) is 0 Å². The van der Waals surface area contributed by atoms with Crippen molar-refractivity contribution in [3.05, 3.63) is 83.0 Å². The number of aromatic hydroxyl groups is 2. The minimum atomic E-state index is -0.756. The molecule has 0 aliphatic carbocycles. The molecular formula is C27H32O6. The summed E-state index contributed by atoms with van der Waals surface area (Å²) in [6.07, 6.45) is 9.70. The average Bonchev–Trinajstić information content (AvgIpc) is 2.80. The molecule has 3 N–H and O–H groups in total. The van der Waals surface area contributed by atoms with E-state index in [1.54, 1.807) is 62.4 Å². The van der Waals surface area contributed by atoms with Crippen molar-refractivity contribution in [1.29, 1.82) is 0 Å². The Morgan fingerprint density at radius 1 is 1.03 bits per heavy atom. The summed E-state index contributed by atoms with van der Waals surface area (Å²) in [6.45, 7) is 5.46. The molecule has 0 bridgehead atoms. The summed E-state index contributed by atoms with van der Waals surface area (Å²) in [4.78, 5) is 16.2. The Morgan fingerprint density at radius 2 is 1.73 bits per heavy atom. The van der Waals surface area contributed by atoms with Gasteiger partial charge in [-0.25, -0.2) is 4.89 Å². The Labute approximate surface area is 195 Å². The number of carbonyl (C=O) groups excluding carboxylic acids is 1. The van der Waals surface area contributed by atoms with Gasteiger partial charge in [-0.3, -0.25) is 10.1 Å². The van der Waals surface area contributed by atoms with E-state index in [1.807, 2.05) is 19.1 Å². The number of phenols is 2. The first kappa shape index (κ1) is 25.9. The number of benzene rings is 2. The number of rotatable bonds is 11. The van der Waals surface area contributed by atoms with Crippen LogP contribution in [0.5, 0.6) is 17.2 Å². The van der Waals surface area contributed by atoms with Gasteiger partial charge in [-0.1, -0.05) is 42.0 Å². The first-order chi connectivity index (χ1) is 15.7. The smallest absolute Gasteiger partial charge is 0.150 e. The highest BCUT2D eigenvalue weighted by Gasteiger charge is 2.16. The van der Waals surface area contributed by atoms with Crippen molar-refractivity contribution in [3.8, 4) is 17.2 Å². The second-order valence-corrected chi connectivity index (χ2v) is 8.35. The largest absolute Gasteiger partial charge is 0.508 e. The van der Waals surface area contributed by atoms with Crippen LogP contribution in [0.2, 0.25) is 0 Å². The fourth-order valence-corrected chi connectivity index (χ4v) is 3.24. The van der Waals surface area contributed by atoms with E-state index in [0.717, 1.165) is 17.4 Å². The molecule has 2 rings (SSSR count). The molecule has 2 aromatic rings. The van der Waals surface area contributed by atoms with Gasteiger partial charge in [0.15, 0.2) is 0 Å². The molecule has 0 aromatic heterocycles. The Hall–Kier alpha value is -3.35. The van der Waals surface area contributed by atoms with Gasteiger partial charge in [-0.05, 0) is 69.9 Å². The number of hydrogen-bond acceptors (Lipinski definition) is 6. The van der Waals surface area contributed by atoms with Gasteiger partial charge in [0.05, 0.1) is 7.11 Å². The van der Waals surface area contributed by atoms with E-state index in [1.165, 1.54) is 7.11 Å². The number of methoxy groups -OCH3 is 1. The van der Waals surface area contributed by atoms with Gasteiger partial charge in [0, 0.05) is 16.7 Å². The van der Waals surface area contributed by atoms with Crippen LogP contribution >= 0.6 is 0 Å². The van der Waals surface area contributed by atoms with E-state index >= 15 is 0 Å². The van der Waals surface area contributed by atoms with Crippen LogP contribution in [0.1, 0.15) is 43.9 Å². The van der Waals surface area contributed by atoms with Crippen LogP contribution in [-0.4, -0.2) is 34.5 Å². The molecule has 0 aliphatic heterocycles. The molecule has 0 fully saturated rings. The Kier molecular flexibility index (Phi) is 9.45. The molecule has 6 nitrogen and oxygen atoms in total. The number of aldehydes is 1. The number of phenolic OH excluding ortho intramolecular Hbond substituents is 2. The van der Waals surface area contributed by atoms with E-state index in [4.69, 9.17) is 9.99 Å². The fraction of sp³-hybridized carbons (Fsp3) is 0.296. The molecule has 0 spiro atoms. The SMILES string of the molecule is COc1ccc(C(C=O)=CCc2ccc(O)cc2)c(O)c1CC=C(C)CC=CC(C)(C)OO. The standard InChI is InChI=1S/C27H32O6/c1-19(6-5-17-27(2,3)33-31)7-14-24-25(32-4)16-15-23(26(24)30)21(18-28)11-8-20-9-12-22(29)13-10-20/h5,7,9-13,15-18,29-31H,6,8,14H2,1-4H3. The predicted molar refractivity (Wildman–Crippen MR) is 130 cm³/mol. The van der Waals surface area contributed by atoms with Crippen molar-refractivity contribution in [2.75, 3.05) is 7.11 Å². The van der Waals surface area contributed by atoms with Gasteiger partial charge in [-0.2, -0.15) is 0 Å². The Bertz CT molecular complexity index is 1030. The van der Waals surface area contributed by atoms with Crippen LogP contribution in [0, 0.1) is 0 Å². The minimum Gasteiger partial charge on any atom is -0.508 e. The highest BCUT2D eigenvalue weighted by Crippen LogP contribution is 2.35. The lowest BCUT2D eigenvalue weighted by molar-refractivity contribution is -0.297. The third-order valence-electron chi connectivity index (χ3n) is 5.24. The Morgan fingerprint density at radius 3 is 2.33 bits per heavy atom. The molecule has 33 heavy (non-hydrogen) atoms. The summed E-state index contributed by atoms with van der Waals surface area (Å²) < 4.78 is 5.43. The zero-order valence-corrected chi connectivity index (χ0v) is 19.5. The minimum absolute atomic E-state index is 0.00723. The van der Waals surface area contributed by atoms with Gasteiger partial charge in [0.1, 0.15) is 29.1 Å². The summed E-state index contributed by atoms with van der Waals surface area (Å²) >= 11 is 0. The van der Waals surface area contributed by atoms with Crippen LogP contribution in [0.15, 0.2) is 66.3 Å². The lowest BCUT2D eigenvalue weighted by atomic mass is 9.97. The van der Waals surface area contributed by atoms with E-state index in [9.17, 15) is 15.0 Å². The topological polar surface area (TPSA) is 96.2 Å². The molecule has 0 unspecified atom stereocenters. The zero-order valence-electron chi connectivity index (χ0n) is 19.5. The molecule has 176 valence electrons. The summed E-state index contributed by atoms with van der Waals surface area (Å²) in [5, 5.41) is 29.2. The highest BCUT2D eigenvalue weighted by atomic mass is 17.1. The monoisotopic (exact) mass is 452 g/mol. The van der Waals surface area contributed by atoms with Gasteiger partial charge in [0.25, 0.3) is 0 Å². The normalized spacial score (nSPS) is 12.9.